The van der Waals surface area contributed by atoms with E-state index in [0.717, 1.165) is 37.6 Å². The summed E-state index contributed by atoms with van der Waals surface area (Å²) in [6.45, 7) is 2.57. The van der Waals surface area contributed by atoms with Gasteiger partial charge in [-0.1, -0.05) is 0 Å². The summed E-state index contributed by atoms with van der Waals surface area (Å²) in [5.41, 5.74) is 0. The summed E-state index contributed by atoms with van der Waals surface area (Å²) in [5, 5.41) is 15.0. The number of piperidine rings is 1. The molecule has 0 aliphatic carbocycles. The van der Waals surface area contributed by atoms with Crippen molar-refractivity contribution in [3.05, 3.63) is 42.5 Å². The highest BCUT2D eigenvalue weighted by atomic mass is 16.3. The van der Waals surface area contributed by atoms with E-state index < -0.39 is 6.10 Å². The summed E-state index contributed by atoms with van der Waals surface area (Å²) in [5.74, 6) is 2.42. The summed E-state index contributed by atoms with van der Waals surface area (Å²) < 4.78 is 3.59. The van der Waals surface area contributed by atoms with E-state index >= 15 is 0 Å². The van der Waals surface area contributed by atoms with Gasteiger partial charge in [0, 0.05) is 31.8 Å². The van der Waals surface area contributed by atoms with Crippen molar-refractivity contribution < 1.29 is 5.11 Å². The number of aromatic nitrogens is 6. The standard InChI is InChI=1S/C16H21N7O/c1-21-10-6-17-15(21)14(24)12-3-8-22(9-4-12)11-13-19-16-18-5-2-7-23(16)20-13/h2,5-7,10,12,14,24H,3-4,8-9,11H2,1H3/t14-/m1/s1. The second-order valence-corrected chi connectivity index (χ2v) is 6.35. The first-order chi connectivity index (χ1) is 11.7. The molecule has 1 saturated heterocycles. The number of hydrogen-bond acceptors (Lipinski definition) is 6. The van der Waals surface area contributed by atoms with E-state index in [-0.39, 0.29) is 5.92 Å². The van der Waals surface area contributed by atoms with Gasteiger partial charge in [-0.3, -0.25) is 4.90 Å². The third-order valence-electron chi connectivity index (χ3n) is 4.73. The van der Waals surface area contributed by atoms with Crippen molar-refractivity contribution in [3.63, 3.8) is 0 Å². The van der Waals surface area contributed by atoms with Crippen molar-refractivity contribution in [2.45, 2.75) is 25.5 Å². The average Bonchev–Trinajstić information content (AvgIpc) is 3.20. The molecule has 4 heterocycles. The molecule has 24 heavy (non-hydrogen) atoms. The Kier molecular flexibility index (Phi) is 3.99. The normalized spacial score (nSPS) is 18.2. The maximum absolute atomic E-state index is 10.5. The molecule has 1 N–H and O–H groups in total. The molecule has 0 amide bonds. The number of aliphatic hydroxyl groups is 1. The number of fused-ring (bicyclic) bond motifs is 1. The van der Waals surface area contributed by atoms with Crippen molar-refractivity contribution in [2.24, 2.45) is 13.0 Å². The van der Waals surface area contributed by atoms with Crippen molar-refractivity contribution in [3.8, 4) is 0 Å². The molecular formula is C16H21N7O. The molecule has 4 rings (SSSR count). The SMILES string of the molecule is Cn1ccnc1[C@H](O)C1CCN(Cc2nc3ncccn3n2)CC1. The smallest absolute Gasteiger partial charge is 0.252 e. The highest BCUT2D eigenvalue weighted by molar-refractivity contribution is 5.24. The van der Waals surface area contributed by atoms with Gasteiger partial charge in [0.05, 0.1) is 6.54 Å². The Labute approximate surface area is 139 Å². The third-order valence-corrected chi connectivity index (χ3v) is 4.73. The molecule has 1 aliphatic rings. The van der Waals surface area contributed by atoms with Crippen LogP contribution in [0.3, 0.4) is 0 Å². The zero-order chi connectivity index (χ0) is 16.5. The van der Waals surface area contributed by atoms with Gasteiger partial charge >= 0.3 is 0 Å². The molecule has 3 aromatic rings. The Morgan fingerprint density at radius 1 is 1.21 bits per heavy atom. The minimum atomic E-state index is -0.496. The number of imidazole rings is 1. The fraction of sp³-hybridized carbons (Fsp3) is 0.500. The van der Waals surface area contributed by atoms with Gasteiger partial charge in [0.1, 0.15) is 11.9 Å². The Bertz CT molecular complexity index is 786. The monoisotopic (exact) mass is 327 g/mol. The average molecular weight is 327 g/mol. The molecule has 3 aromatic heterocycles. The Balaban J connectivity index is 1.36. The summed E-state index contributed by atoms with van der Waals surface area (Å²) in [6, 6.07) is 1.84. The quantitative estimate of drug-likeness (QED) is 0.763. The van der Waals surface area contributed by atoms with Crippen LogP contribution in [0, 0.1) is 5.92 Å². The first-order valence-corrected chi connectivity index (χ1v) is 8.24. The van der Waals surface area contributed by atoms with Gasteiger partial charge in [-0.05, 0) is 37.9 Å². The van der Waals surface area contributed by atoms with Gasteiger partial charge in [-0.15, -0.1) is 5.10 Å². The van der Waals surface area contributed by atoms with Crippen LogP contribution in [0.4, 0.5) is 0 Å². The largest absolute Gasteiger partial charge is 0.385 e. The second-order valence-electron chi connectivity index (χ2n) is 6.35. The van der Waals surface area contributed by atoms with E-state index in [2.05, 4.69) is 25.0 Å². The van der Waals surface area contributed by atoms with Gasteiger partial charge in [0.15, 0.2) is 5.82 Å². The fourth-order valence-corrected chi connectivity index (χ4v) is 3.34. The van der Waals surface area contributed by atoms with E-state index in [1.54, 1.807) is 16.9 Å². The van der Waals surface area contributed by atoms with Crippen molar-refractivity contribution in [1.29, 1.82) is 0 Å². The van der Waals surface area contributed by atoms with E-state index in [4.69, 9.17) is 0 Å². The summed E-state index contributed by atoms with van der Waals surface area (Å²) in [6.07, 6.45) is 8.57. The molecule has 0 bridgehead atoms. The molecule has 0 spiro atoms. The van der Waals surface area contributed by atoms with Crippen molar-refractivity contribution >= 4 is 5.78 Å². The molecular weight excluding hydrogens is 306 g/mol. The third kappa shape index (κ3) is 2.90. The molecule has 8 heteroatoms. The number of hydrogen-bond donors (Lipinski definition) is 1. The van der Waals surface area contributed by atoms with Crippen LogP contribution in [-0.2, 0) is 13.6 Å². The number of aryl methyl sites for hydroxylation is 1. The molecule has 1 fully saturated rings. The van der Waals surface area contributed by atoms with Crippen LogP contribution in [0.25, 0.3) is 5.78 Å². The molecule has 1 atom stereocenters. The zero-order valence-electron chi connectivity index (χ0n) is 13.7. The molecule has 0 saturated carbocycles. The highest BCUT2D eigenvalue weighted by Gasteiger charge is 2.28. The van der Waals surface area contributed by atoms with Gasteiger partial charge < -0.3 is 9.67 Å². The molecule has 1 aliphatic heterocycles. The van der Waals surface area contributed by atoms with Crippen LogP contribution in [-0.4, -0.2) is 52.2 Å². The number of likely N-dealkylation sites (tertiary alicyclic amines) is 1. The van der Waals surface area contributed by atoms with Crippen LogP contribution >= 0.6 is 0 Å². The number of nitrogens with zero attached hydrogens (tertiary/aromatic N) is 7. The first-order valence-electron chi connectivity index (χ1n) is 8.24. The lowest BCUT2D eigenvalue weighted by Gasteiger charge is -2.33. The lowest BCUT2D eigenvalue weighted by atomic mass is 9.90. The predicted molar refractivity (Wildman–Crippen MR) is 87.0 cm³/mol. The number of rotatable bonds is 4. The van der Waals surface area contributed by atoms with E-state index in [0.29, 0.717) is 12.3 Å². The zero-order valence-corrected chi connectivity index (χ0v) is 13.7. The molecule has 0 unspecified atom stereocenters. The summed E-state index contributed by atoms with van der Waals surface area (Å²) in [7, 11) is 1.92. The Morgan fingerprint density at radius 3 is 2.75 bits per heavy atom. The van der Waals surface area contributed by atoms with E-state index in [1.807, 2.05) is 30.1 Å². The molecule has 126 valence electrons. The fourth-order valence-electron chi connectivity index (χ4n) is 3.34. The van der Waals surface area contributed by atoms with Gasteiger partial charge in [0.25, 0.3) is 5.78 Å². The van der Waals surface area contributed by atoms with Crippen LogP contribution in [0.2, 0.25) is 0 Å². The lowest BCUT2D eigenvalue weighted by Crippen LogP contribution is -2.36. The minimum absolute atomic E-state index is 0.248. The van der Waals surface area contributed by atoms with Crippen molar-refractivity contribution in [1.82, 2.24) is 34.0 Å². The summed E-state index contributed by atoms with van der Waals surface area (Å²) >= 11 is 0. The lowest BCUT2D eigenvalue weighted by molar-refractivity contribution is 0.0486. The van der Waals surface area contributed by atoms with Crippen LogP contribution in [0.1, 0.15) is 30.6 Å². The Morgan fingerprint density at radius 2 is 2.04 bits per heavy atom. The summed E-state index contributed by atoms with van der Waals surface area (Å²) in [4.78, 5) is 15.2. The van der Waals surface area contributed by atoms with Crippen molar-refractivity contribution in [2.75, 3.05) is 13.1 Å². The predicted octanol–water partition coefficient (Wildman–Crippen LogP) is 0.803. The Hall–Kier alpha value is -2.32. The van der Waals surface area contributed by atoms with E-state index in [1.165, 1.54) is 0 Å². The van der Waals surface area contributed by atoms with Gasteiger partial charge in [0.2, 0.25) is 0 Å². The van der Waals surface area contributed by atoms with Crippen LogP contribution < -0.4 is 0 Å². The first kappa shape index (κ1) is 15.2. The minimum Gasteiger partial charge on any atom is -0.385 e. The highest BCUT2D eigenvalue weighted by Crippen LogP contribution is 2.30. The molecule has 0 aromatic carbocycles. The second kappa shape index (κ2) is 6.29. The maximum Gasteiger partial charge on any atom is 0.252 e. The topological polar surface area (TPSA) is 84.4 Å². The molecule has 0 radical (unpaired) electrons. The van der Waals surface area contributed by atoms with E-state index in [9.17, 15) is 5.11 Å². The molecule has 8 nitrogen and oxygen atoms in total. The van der Waals surface area contributed by atoms with Crippen LogP contribution in [0.5, 0.6) is 0 Å². The number of aliphatic hydroxyl groups excluding tert-OH is 1. The maximum atomic E-state index is 10.5. The van der Waals surface area contributed by atoms with Crippen LogP contribution in [0.15, 0.2) is 30.9 Å². The van der Waals surface area contributed by atoms with Gasteiger partial charge in [-0.2, -0.15) is 4.98 Å². The van der Waals surface area contributed by atoms with Gasteiger partial charge in [-0.25, -0.2) is 14.5 Å².